The summed E-state index contributed by atoms with van der Waals surface area (Å²) in [5.74, 6) is -3.71. The first-order valence-corrected chi connectivity index (χ1v) is 11.6. The summed E-state index contributed by atoms with van der Waals surface area (Å²) in [6, 6.07) is -3.79. The van der Waals surface area contributed by atoms with Crippen molar-refractivity contribution in [1.82, 2.24) is 15.5 Å². The van der Waals surface area contributed by atoms with Crippen LogP contribution in [0.3, 0.4) is 0 Å². The van der Waals surface area contributed by atoms with Crippen LogP contribution in [-0.2, 0) is 24.0 Å². The van der Waals surface area contributed by atoms with E-state index >= 15 is 0 Å². The van der Waals surface area contributed by atoms with Crippen LogP contribution in [0.4, 0.5) is 0 Å². The van der Waals surface area contributed by atoms with E-state index in [0.29, 0.717) is 32.2 Å². The number of aliphatic carboxylic acids is 1. The van der Waals surface area contributed by atoms with Gasteiger partial charge < -0.3 is 32.1 Å². The number of nitrogens with two attached hydrogens (primary N) is 2. The molecule has 1 aliphatic rings. The van der Waals surface area contributed by atoms with Crippen LogP contribution in [0.15, 0.2) is 0 Å². The summed E-state index contributed by atoms with van der Waals surface area (Å²) in [7, 11) is 0. The zero-order valence-corrected chi connectivity index (χ0v) is 20.0. The molecule has 0 radical (unpaired) electrons. The van der Waals surface area contributed by atoms with Gasteiger partial charge in [0.1, 0.15) is 18.1 Å². The Morgan fingerprint density at radius 3 is 2.06 bits per heavy atom. The predicted octanol–water partition coefficient (Wildman–Crippen LogP) is -0.283. The molecule has 0 aromatic heterocycles. The number of likely N-dealkylation sites (tertiary alicyclic amines) is 1. The van der Waals surface area contributed by atoms with Crippen LogP contribution in [0.5, 0.6) is 0 Å². The van der Waals surface area contributed by atoms with Gasteiger partial charge in [0.2, 0.25) is 23.6 Å². The molecule has 0 aromatic carbocycles. The molecule has 0 aliphatic carbocycles. The molecule has 1 fully saturated rings. The van der Waals surface area contributed by atoms with E-state index < -0.39 is 53.8 Å². The SMILES string of the molecule is CCC(C)C(NC(=O)C(N)CCC(N)=O)C(=O)NC(C(=O)N1CCCC1C(=O)O)C(C)CC. The molecule has 0 bridgehead atoms. The first kappa shape index (κ1) is 28.3. The maximum Gasteiger partial charge on any atom is 0.326 e. The molecule has 0 aromatic rings. The van der Waals surface area contributed by atoms with Crippen LogP contribution in [0.1, 0.15) is 66.2 Å². The van der Waals surface area contributed by atoms with Crippen LogP contribution in [0, 0.1) is 11.8 Å². The van der Waals surface area contributed by atoms with Crippen molar-refractivity contribution in [2.24, 2.45) is 23.3 Å². The average Bonchev–Trinajstić information content (AvgIpc) is 3.27. The molecule has 0 spiro atoms. The highest BCUT2D eigenvalue weighted by molar-refractivity contribution is 5.94. The van der Waals surface area contributed by atoms with Crippen molar-refractivity contribution in [2.45, 2.75) is 90.4 Å². The van der Waals surface area contributed by atoms with Gasteiger partial charge in [-0.2, -0.15) is 0 Å². The van der Waals surface area contributed by atoms with Gasteiger partial charge in [0.15, 0.2) is 0 Å². The minimum atomic E-state index is -1.07. The van der Waals surface area contributed by atoms with Crippen LogP contribution in [0.2, 0.25) is 0 Å². The number of rotatable bonds is 13. The second kappa shape index (κ2) is 13.1. The van der Waals surface area contributed by atoms with Crippen LogP contribution in [0.25, 0.3) is 0 Å². The third-order valence-corrected chi connectivity index (χ3v) is 6.43. The molecule has 1 heterocycles. The van der Waals surface area contributed by atoms with E-state index in [1.165, 1.54) is 4.90 Å². The molecule has 7 N–H and O–H groups in total. The summed E-state index contributed by atoms with van der Waals surface area (Å²) < 4.78 is 0. The first-order valence-electron chi connectivity index (χ1n) is 11.6. The lowest BCUT2D eigenvalue weighted by molar-refractivity contribution is -0.150. The molecule has 11 nitrogen and oxygen atoms in total. The fourth-order valence-electron chi connectivity index (χ4n) is 3.78. The van der Waals surface area contributed by atoms with Gasteiger partial charge in [0, 0.05) is 13.0 Å². The Morgan fingerprint density at radius 2 is 1.55 bits per heavy atom. The molecule has 4 amide bonds. The van der Waals surface area contributed by atoms with Gasteiger partial charge in [0.05, 0.1) is 6.04 Å². The van der Waals surface area contributed by atoms with E-state index in [9.17, 15) is 29.1 Å². The summed E-state index contributed by atoms with van der Waals surface area (Å²) in [6.45, 7) is 7.66. The second-order valence-corrected chi connectivity index (χ2v) is 8.88. The summed E-state index contributed by atoms with van der Waals surface area (Å²) in [5.41, 5.74) is 10.9. The fraction of sp³-hybridized carbons (Fsp3) is 0.773. The molecule has 33 heavy (non-hydrogen) atoms. The Morgan fingerprint density at radius 1 is 1.00 bits per heavy atom. The normalized spacial score (nSPS) is 20.3. The van der Waals surface area contributed by atoms with Crippen molar-refractivity contribution in [2.75, 3.05) is 6.54 Å². The van der Waals surface area contributed by atoms with Gasteiger partial charge in [-0.15, -0.1) is 0 Å². The Labute approximate surface area is 195 Å². The maximum atomic E-state index is 13.2. The third-order valence-electron chi connectivity index (χ3n) is 6.43. The highest BCUT2D eigenvalue weighted by Crippen LogP contribution is 2.22. The number of carboxylic acids is 1. The van der Waals surface area contributed by atoms with Gasteiger partial charge in [-0.3, -0.25) is 19.2 Å². The molecule has 6 unspecified atom stereocenters. The molecule has 0 saturated carbocycles. The Bertz CT molecular complexity index is 730. The number of hydrogen-bond donors (Lipinski definition) is 5. The van der Waals surface area contributed by atoms with Gasteiger partial charge in [0.25, 0.3) is 0 Å². The lowest BCUT2D eigenvalue weighted by Gasteiger charge is -2.32. The molecule has 1 saturated heterocycles. The number of hydrogen-bond acceptors (Lipinski definition) is 6. The monoisotopic (exact) mass is 469 g/mol. The fourth-order valence-corrected chi connectivity index (χ4v) is 3.78. The van der Waals surface area contributed by atoms with E-state index in [1.54, 1.807) is 6.92 Å². The molecular formula is C22H39N5O6. The van der Waals surface area contributed by atoms with Crippen LogP contribution < -0.4 is 22.1 Å². The summed E-state index contributed by atoms with van der Waals surface area (Å²) in [6.07, 6.45) is 2.11. The zero-order valence-electron chi connectivity index (χ0n) is 20.0. The average molecular weight is 470 g/mol. The predicted molar refractivity (Wildman–Crippen MR) is 122 cm³/mol. The van der Waals surface area contributed by atoms with E-state index in [2.05, 4.69) is 10.6 Å². The summed E-state index contributed by atoms with van der Waals surface area (Å²) >= 11 is 0. The number of nitrogens with one attached hydrogen (secondary N) is 2. The van der Waals surface area contributed by atoms with Crippen LogP contribution in [-0.4, -0.2) is 70.3 Å². The lowest BCUT2D eigenvalue weighted by atomic mass is 9.94. The minimum Gasteiger partial charge on any atom is -0.480 e. The number of carbonyl (C=O) groups excluding carboxylic acids is 4. The smallest absolute Gasteiger partial charge is 0.326 e. The van der Waals surface area contributed by atoms with Gasteiger partial charge >= 0.3 is 5.97 Å². The number of nitrogens with zero attached hydrogens (tertiary/aromatic N) is 1. The lowest BCUT2D eigenvalue weighted by Crippen LogP contribution is -2.60. The largest absolute Gasteiger partial charge is 0.480 e. The van der Waals surface area contributed by atoms with Gasteiger partial charge in [-0.1, -0.05) is 40.5 Å². The van der Waals surface area contributed by atoms with Crippen molar-refractivity contribution >= 4 is 29.6 Å². The number of amides is 4. The highest BCUT2D eigenvalue weighted by atomic mass is 16.4. The summed E-state index contributed by atoms with van der Waals surface area (Å²) in [5, 5.41) is 14.8. The van der Waals surface area contributed by atoms with Crippen molar-refractivity contribution in [3.05, 3.63) is 0 Å². The Kier molecular flexibility index (Phi) is 11.3. The molecule has 1 aliphatic heterocycles. The highest BCUT2D eigenvalue weighted by Gasteiger charge is 2.40. The maximum absolute atomic E-state index is 13.2. The Balaban J connectivity index is 3.02. The number of primary amides is 1. The summed E-state index contributed by atoms with van der Waals surface area (Å²) in [4.78, 5) is 62.8. The van der Waals surface area contributed by atoms with Crippen LogP contribution >= 0.6 is 0 Å². The quantitative estimate of drug-likeness (QED) is 0.245. The van der Waals surface area contributed by atoms with Crippen molar-refractivity contribution in [3.63, 3.8) is 0 Å². The van der Waals surface area contributed by atoms with E-state index in [1.807, 2.05) is 20.8 Å². The van der Waals surface area contributed by atoms with Crippen molar-refractivity contribution in [1.29, 1.82) is 0 Å². The molecular weight excluding hydrogens is 430 g/mol. The van der Waals surface area contributed by atoms with Gasteiger partial charge in [-0.05, 0) is 31.1 Å². The number of carbonyl (C=O) groups is 5. The molecule has 11 heteroatoms. The van der Waals surface area contributed by atoms with E-state index in [-0.39, 0.29) is 24.7 Å². The van der Waals surface area contributed by atoms with E-state index in [4.69, 9.17) is 11.5 Å². The molecule has 6 atom stereocenters. The third kappa shape index (κ3) is 7.99. The molecule has 188 valence electrons. The minimum absolute atomic E-state index is 0.0511. The molecule has 1 rings (SSSR count). The second-order valence-electron chi connectivity index (χ2n) is 8.88. The van der Waals surface area contributed by atoms with E-state index in [0.717, 1.165) is 0 Å². The standard InChI is InChI=1S/C22H39N5O6/c1-5-12(3)17(25-19(29)14(23)9-10-16(24)28)20(30)26-18(13(4)6-2)21(31)27-11-7-8-15(27)22(32)33/h12-15,17-18H,5-11,23H2,1-4H3,(H2,24,28)(H,25,29)(H,26,30)(H,32,33). The number of carboxylic acid groups (broad SMARTS) is 1. The Hall–Kier alpha value is -2.69. The van der Waals surface area contributed by atoms with Gasteiger partial charge in [-0.25, -0.2) is 4.79 Å². The first-order chi connectivity index (χ1) is 15.4. The zero-order chi connectivity index (χ0) is 25.3. The van der Waals surface area contributed by atoms with Crippen molar-refractivity contribution < 1.29 is 29.1 Å². The van der Waals surface area contributed by atoms with Crippen molar-refractivity contribution in [3.8, 4) is 0 Å². The topological polar surface area (TPSA) is 185 Å².